The molecule has 0 bridgehead atoms. The Labute approximate surface area is 240 Å². The molecule has 3 heterocycles. The fourth-order valence-corrected chi connectivity index (χ4v) is 7.51. The average molecular weight is 559 g/mol. The lowest BCUT2D eigenvalue weighted by Crippen LogP contribution is -2.52. The highest BCUT2D eigenvalue weighted by atomic mass is 32.1. The number of piperazine rings is 1. The maximum absolute atomic E-state index is 14.0. The lowest BCUT2D eigenvalue weighted by Gasteiger charge is -2.44. The van der Waals surface area contributed by atoms with Crippen molar-refractivity contribution < 1.29 is 14.3 Å². The third kappa shape index (κ3) is 5.34. The average Bonchev–Trinajstić information content (AvgIpc) is 3.73. The number of fused-ring (bicyclic) bond motifs is 1. The maximum atomic E-state index is 14.0. The van der Waals surface area contributed by atoms with Crippen LogP contribution in [0, 0.1) is 0 Å². The van der Waals surface area contributed by atoms with Crippen molar-refractivity contribution in [1.82, 2.24) is 15.1 Å². The summed E-state index contributed by atoms with van der Waals surface area (Å²) >= 11 is 1.64. The zero-order valence-electron chi connectivity index (χ0n) is 23.1. The fraction of sp³-hybridized carbons (Fsp3) is 0.438. The molecule has 40 heavy (non-hydrogen) atoms. The van der Waals surface area contributed by atoms with Crippen LogP contribution < -0.4 is 15.0 Å². The molecule has 2 amide bonds. The number of benzene rings is 2. The van der Waals surface area contributed by atoms with Gasteiger partial charge in [-0.15, -0.1) is 11.3 Å². The van der Waals surface area contributed by atoms with Crippen LogP contribution in [0.1, 0.15) is 58.4 Å². The number of methoxy groups -OCH3 is 1. The third-order valence-corrected chi connectivity index (χ3v) is 9.69. The Kier molecular flexibility index (Phi) is 8.07. The number of carbonyl (C=O) groups excluding carboxylic acids is 2. The molecule has 2 aliphatic heterocycles. The Morgan fingerprint density at radius 3 is 2.42 bits per heavy atom. The number of carbonyl (C=O) groups is 2. The van der Waals surface area contributed by atoms with Crippen molar-refractivity contribution in [2.75, 3.05) is 51.3 Å². The molecule has 1 N–H and O–H groups in total. The standard InChI is InChI=1S/C32H38N4O3S/c1-39-25-14-12-23(13-15-25)35-20-18-34(19-21-35)17-16-33-31(37)29-26-9-4-5-10-27(26)32(38)36(24-7-2-3-8-24)30(29)28-11-6-22-40-28/h4-6,9-15,22,24,29-30H,2-3,7-8,16-21H2,1H3,(H,33,37)/t29-,30+/m1/s1. The fourth-order valence-electron chi connectivity index (χ4n) is 6.65. The van der Waals surface area contributed by atoms with Crippen LogP contribution in [0.4, 0.5) is 5.69 Å². The molecule has 210 valence electrons. The molecule has 1 saturated carbocycles. The van der Waals surface area contributed by atoms with Crippen LogP contribution in [0.15, 0.2) is 66.0 Å². The van der Waals surface area contributed by atoms with Gasteiger partial charge in [-0.2, -0.15) is 0 Å². The second-order valence-corrected chi connectivity index (χ2v) is 12.0. The van der Waals surface area contributed by atoms with Gasteiger partial charge in [0.1, 0.15) is 5.75 Å². The third-order valence-electron chi connectivity index (χ3n) is 8.75. The minimum absolute atomic E-state index is 0.0122. The number of thiophene rings is 1. The van der Waals surface area contributed by atoms with E-state index >= 15 is 0 Å². The van der Waals surface area contributed by atoms with E-state index in [1.807, 2.05) is 47.8 Å². The molecule has 2 aromatic carbocycles. The van der Waals surface area contributed by atoms with Crippen LogP contribution in [0.2, 0.25) is 0 Å². The van der Waals surface area contributed by atoms with E-state index in [9.17, 15) is 9.59 Å². The van der Waals surface area contributed by atoms with Gasteiger partial charge in [0.25, 0.3) is 5.91 Å². The number of hydrogen-bond donors (Lipinski definition) is 1. The molecule has 0 spiro atoms. The topological polar surface area (TPSA) is 65.1 Å². The van der Waals surface area contributed by atoms with Crippen molar-refractivity contribution in [3.8, 4) is 5.75 Å². The van der Waals surface area contributed by atoms with Crippen LogP contribution in [-0.4, -0.2) is 74.0 Å². The van der Waals surface area contributed by atoms with E-state index < -0.39 is 5.92 Å². The van der Waals surface area contributed by atoms with Crippen LogP contribution >= 0.6 is 11.3 Å². The Morgan fingerprint density at radius 1 is 0.975 bits per heavy atom. The first-order valence-corrected chi connectivity index (χ1v) is 15.4. The normalized spacial score (nSPS) is 21.9. The molecule has 0 unspecified atom stereocenters. The van der Waals surface area contributed by atoms with Crippen LogP contribution in [0.25, 0.3) is 0 Å². The van der Waals surface area contributed by atoms with Gasteiger partial charge in [0, 0.05) is 61.4 Å². The van der Waals surface area contributed by atoms with Crippen molar-refractivity contribution in [3.05, 3.63) is 82.0 Å². The predicted octanol–water partition coefficient (Wildman–Crippen LogP) is 4.92. The van der Waals surface area contributed by atoms with Gasteiger partial charge in [-0.05, 0) is 60.2 Å². The molecular formula is C32H38N4O3S. The summed E-state index contributed by atoms with van der Waals surface area (Å²) in [6.45, 7) is 5.22. The minimum Gasteiger partial charge on any atom is -0.497 e. The van der Waals surface area contributed by atoms with E-state index in [4.69, 9.17) is 4.74 Å². The highest BCUT2D eigenvalue weighted by Crippen LogP contribution is 2.47. The molecule has 7 nitrogen and oxygen atoms in total. The van der Waals surface area contributed by atoms with Gasteiger partial charge in [-0.3, -0.25) is 14.5 Å². The van der Waals surface area contributed by atoms with Crippen LogP contribution in [0.5, 0.6) is 5.75 Å². The van der Waals surface area contributed by atoms with E-state index in [1.54, 1.807) is 18.4 Å². The summed E-state index contributed by atoms with van der Waals surface area (Å²) in [5, 5.41) is 5.32. The van der Waals surface area contributed by atoms with Gasteiger partial charge < -0.3 is 19.9 Å². The van der Waals surface area contributed by atoms with E-state index in [1.165, 1.54) is 5.69 Å². The molecule has 1 aromatic heterocycles. The minimum atomic E-state index is -0.417. The molecule has 8 heteroatoms. The molecular weight excluding hydrogens is 520 g/mol. The number of ether oxygens (including phenoxy) is 1. The highest BCUT2D eigenvalue weighted by Gasteiger charge is 2.47. The van der Waals surface area contributed by atoms with Gasteiger partial charge in [-0.25, -0.2) is 0 Å². The first-order chi connectivity index (χ1) is 19.6. The van der Waals surface area contributed by atoms with Crippen LogP contribution in [-0.2, 0) is 4.79 Å². The van der Waals surface area contributed by atoms with E-state index in [-0.39, 0.29) is 23.9 Å². The molecule has 2 fully saturated rings. The van der Waals surface area contributed by atoms with E-state index in [0.717, 1.165) is 74.6 Å². The number of hydrogen-bond acceptors (Lipinski definition) is 6. The number of rotatable bonds is 8. The molecule has 2 atom stereocenters. The predicted molar refractivity (Wildman–Crippen MR) is 159 cm³/mol. The molecule has 3 aromatic rings. The molecule has 3 aliphatic rings. The quantitative estimate of drug-likeness (QED) is 0.425. The van der Waals surface area contributed by atoms with Crippen molar-refractivity contribution in [1.29, 1.82) is 0 Å². The van der Waals surface area contributed by atoms with Gasteiger partial charge in [-0.1, -0.05) is 37.1 Å². The summed E-state index contributed by atoms with van der Waals surface area (Å²) in [6.07, 6.45) is 4.28. The molecule has 1 aliphatic carbocycles. The zero-order chi connectivity index (χ0) is 27.5. The summed E-state index contributed by atoms with van der Waals surface area (Å²) in [4.78, 5) is 35.8. The van der Waals surface area contributed by atoms with Crippen molar-refractivity contribution >= 4 is 28.8 Å². The summed E-state index contributed by atoms with van der Waals surface area (Å²) < 4.78 is 5.28. The second kappa shape index (κ2) is 12.0. The van der Waals surface area contributed by atoms with E-state index in [2.05, 4.69) is 38.2 Å². The number of nitrogens with zero attached hydrogens (tertiary/aromatic N) is 3. The molecule has 6 rings (SSSR count). The summed E-state index contributed by atoms with van der Waals surface area (Å²) in [7, 11) is 1.69. The lowest BCUT2D eigenvalue weighted by molar-refractivity contribution is -0.124. The van der Waals surface area contributed by atoms with Gasteiger partial charge in [0.15, 0.2) is 0 Å². The molecule has 0 radical (unpaired) electrons. The largest absolute Gasteiger partial charge is 0.497 e. The summed E-state index contributed by atoms with van der Waals surface area (Å²) in [5.41, 5.74) is 2.74. The lowest BCUT2D eigenvalue weighted by atomic mass is 9.80. The van der Waals surface area contributed by atoms with Gasteiger partial charge in [0.05, 0.1) is 19.1 Å². The van der Waals surface area contributed by atoms with E-state index in [0.29, 0.717) is 12.1 Å². The first-order valence-electron chi connectivity index (χ1n) is 14.5. The van der Waals surface area contributed by atoms with Crippen molar-refractivity contribution in [2.24, 2.45) is 0 Å². The number of anilines is 1. The SMILES string of the molecule is COc1ccc(N2CCN(CCNC(=O)[C@@H]3c4ccccc4C(=O)N(C4CCCC4)[C@H]3c3cccs3)CC2)cc1. The smallest absolute Gasteiger partial charge is 0.254 e. The highest BCUT2D eigenvalue weighted by molar-refractivity contribution is 7.10. The Bertz CT molecular complexity index is 1300. The van der Waals surface area contributed by atoms with Crippen molar-refractivity contribution in [2.45, 2.75) is 43.7 Å². The summed E-state index contributed by atoms with van der Waals surface area (Å²) in [5.74, 6) is 0.536. The van der Waals surface area contributed by atoms with Gasteiger partial charge >= 0.3 is 0 Å². The van der Waals surface area contributed by atoms with Gasteiger partial charge in [0.2, 0.25) is 5.91 Å². The Hall–Kier alpha value is -3.36. The number of nitrogens with one attached hydrogen (secondary N) is 1. The Balaban J connectivity index is 1.13. The zero-order valence-corrected chi connectivity index (χ0v) is 23.9. The van der Waals surface area contributed by atoms with Crippen LogP contribution in [0.3, 0.4) is 0 Å². The molecule has 1 saturated heterocycles. The van der Waals surface area contributed by atoms with Crippen molar-refractivity contribution in [3.63, 3.8) is 0 Å². The second-order valence-electron chi connectivity index (χ2n) is 11.0. The Morgan fingerprint density at radius 2 is 1.73 bits per heavy atom. The summed E-state index contributed by atoms with van der Waals surface area (Å²) in [6, 6.07) is 20.0. The maximum Gasteiger partial charge on any atom is 0.254 e. The first kappa shape index (κ1) is 26.8. The monoisotopic (exact) mass is 558 g/mol. The number of amides is 2.